The van der Waals surface area contributed by atoms with Gasteiger partial charge in [0.05, 0.1) is 24.0 Å². The van der Waals surface area contributed by atoms with Gasteiger partial charge in [0.15, 0.2) is 0 Å². The smallest absolute Gasteiger partial charge is 0.870 e. The largest absolute Gasteiger partial charge is 1.00 e. The number of thiol groups is 1. The van der Waals surface area contributed by atoms with Gasteiger partial charge in [-0.2, -0.15) is 0 Å². The van der Waals surface area contributed by atoms with Crippen LogP contribution in [0.4, 0.5) is 0 Å². The normalized spacial score (nSPS) is 7.65. The van der Waals surface area contributed by atoms with Gasteiger partial charge >= 0.3 is 57.4 Å². The summed E-state index contributed by atoms with van der Waals surface area (Å²) >= 11 is 1.42. The Balaban J connectivity index is -0.000000356. The molecule has 0 aliphatic carbocycles. The number of hydrogen-bond donors (Lipinski definition) is 1. The van der Waals surface area contributed by atoms with Crippen LogP contribution in [0.2, 0.25) is 0 Å². The molecule has 2 N–H and O–H groups in total. The van der Waals surface area contributed by atoms with E-state index >= 15 is 0 Å². The molecule has 0 aliphatic rings. The molecule has 0 unspecified atom stereocenters. The number of carbonyl (C=O) groups excluding carboxylic acids is 1. The van der Waals surface area contributed by atoms with Crippen LogP contribution in [0.3, 0.4) is 0 Å². The minimum Gasteiger partial charge on any atom is -0.870 e. The van der Waals surface area contributed by atoms with Crippen molar-refractivity contribution in [2.45, 2.75) is 0 Å². The molecule has 1 aromatic carbocycles. The Morgan fingerprint density at radius 3 is 2.00 bits per heavy atom. The van der Waals surface area contributed by atoms with Crippen molar-refractivity contribution in [3.8, 4) is 0 Å². The van der Waals surface area contributed by atoms with Crippen molar-refractivity contribution in [1.82, 2.24) is 0 Å². The molecule has 0 atom stereocenters. The molecule has 1 rings (SSSR count). The van der Waals surface area contributed by atoms with Crippen LogP contribution < -0.4 is 56.5 Å². The number of hydrogen-bond acceptors (Lipinski definition) is 4. The molecule has 0 radical (unpaired) electrons. The van der Waals surface area contributed by atoms with E-state index in [9.17, 15) is 14.7 Å². The van der Waals surface area contributed by atoms with Crippen molar-refractivity contribution in [2.75, 3.05) is 12.5 Å². The third kappa shape index (κ3) is 9.78. The van der Waals surface area contributed by atoms with Crippen LogP contribution in [0.5, 0.6) is 0 Å². The monoisotopic (exact) mass is 284 g/mol. The quantitative estimate of drug-likeness (QED) is 0.347. The van der Waals surface area contributed by atoms with Crippen LogP contribution in [-0.4, -0.2) is 35.0 Å². The number of rotatable bonds is 2. The Hall–Kier alpha value is 0.106. The first kappa shape index (κ1) is 22.3. The van der Waals surface area contributed by atoms with Crippen LogP contribution in [-0.2, 0) is 11.8 Å². The topological polar surface area (TPSA) is 107 Å². The first-order valence-electron chi connectivity index (χ1n) is 4.05. The zero-order chi connectivity index (χ0) is 11.8. The summed E-state index contributed by atoms with van der Waals surface area (Å²) in [4.78, 5) is 20.6. The minimum absolute atomic E-state index is 0. The predicted molar refractivity (Wildman–Crippen MR) is 60.3 cm³/mol. The summed E-state index contributed by atoms with van der Waals surface area (Å²) < 4.78 is 0. The summed E-state index contributed by atoms with van der Waals surface area (Å²) in [6, 6.07) is 5.00. The Morgan fingerprint density at radius 2 is 1.65 bits per heavy atom. The van der Waals surface area contributed by atoms with E-state index in [1.54, 1.807) is 0 Å². The zero-order valence-corrected chi connectivity index (χ0v) is 13.9. The fourth-order valence-electron chi connectivity index (χ4n) is 0.779. The van der Waals surface area contributed by atoms with Gasteiger partial charge in [-0.15, -0.1) is 0 Å². The Labute approximate surface area is 146 Å². The maximum Gasteiger partial charge on any atom is 1.00 e. The van der Waals surface area contributed by atoms with E-state index in [-0.39, 0.29) is 68.0 Å². The van der Waals surface area contributed by atoms with Crippen LogP contribution in [0.25, 0.3) is 0 Å². The van der Waals surface area contributed by atoms with Gasteiger partial charge in [-0.25, -0.2) is 4.79 Å². The van der Waals surface area contributed by atoms with Gasteiger partial charge in [0.25, 0.3) is 0 Å². The fraction of sp³-hybridized carbons (Fsp3) is 0.200. The summed E-state index contributed by atoms with van der Waals surface area (Å²) in [7, 11) is 0. The number of aromatic carboxylic acids is 2. The van der Waals surface area contributed by atoms with Gasteiger partial charge in [-0.1, -0.05) is 12.1 Å². The maximum atomic E-state index is 10.4. The second-order valence-corrected chi connectivity index (χ2v) is 3.52. The number of carboxylic acids is 2. The number of carbonyl (C=O) groups is 2. The third-order valence-corrected chi connectivity index (χ3v) is 1.35. The van der Waals surface area contributed by atoms with E-state index in [4.69, 9.17) is 5.11 Å². The Morgan fingerprint density at radius 1 is 1.24 bits per heavy atom. The molecule has 0 spiro atoms. The molecule has 0 aliphatic heterocycles. The molecule has 0 aromatic heterocycles. The minimum atomic E-state index is -1.38. The van der Waals surface area contributed by atoms with Crippen molar-refractivity contribution >= 4 is 23.7 Å². The van der Waals surface area contributed by atoms with Crippen LogP contribution in [0.1, 0.15) is 20.7 Å². The van der Waals surface area contributed by atoms with Gasteiger partial charge in [0.2, 0.25) is 0 Å². The molecule has 0 saturated carbocycles. The summed E-state index contributed by atoms with van der Waals surface area (Å²) in [6.07, 6.45) is 4.19. The first-order valence-corrected chi connectivity index (χ1v) is 5.84. The van der Waals surface area contributed by atoms with Crippen LogP contribution >= 0.6 is 0 Å². The molecule has 0 amide bonds. The van der Waals surface area contributed by atoms with Gasteiger partial charge < -0.3 is 20.5 Å². The van der Waals surface area contributed by atoms with Gasteiger partial charge in [0, 0.05) is 0 Å². The summed E-state index contributed by atoms with van der Waals surface area (Å²) in [5.74, 6) is -2.53. The van der Waals surface area contributed by atoms with Crippen molar-refractivity contribution in [2.24, 2.45) is 0 Å². The van der Waals surface area contributed by atoms with Crippen LogP contribution in [0.15, 0.2) is 24.3 Å². The molecule has 90 valence electrons. The second-order valence-electron chi connectivity index (χ2n) is 2.62. The first-order chi connectivity index (χ1) is 7.02. The molecule has 0 fully saturated rings. The van der Waals surface area contributed by atoms with Gasteiger partial charge in [0.1, 0.15) is 0 Å². The molecule has 0 bridgehead atoms. The van der Waals surface area contributed by atoms with Gasteiger partial charge in [-0.05, 0) is 29.5 Å². The summed E-state index contributed by atoms with van der Waals surface area (Å²) in [5.41, 5.74) is -0.188. The average Bonchev–Trinajstić information content (AvgIpc) is 2.19. The predicted octanol–water partition coefficient (Wildman–Crippen LogP) is -3.36. The summed E-state index contributed by atoms with van der Waals surface area (Å²) in [6.45, 7) is 0. The molecular weight excluding hydrogens is 271 g/mol. The average molecular weight is 284 g/mol. The van der Waals surface area contributed by atoms with E-state index in [2.05, 4.69) is 12.5 Å². The van der Waals surface area contributed by atoms with E-state index < -0.39 is 11.9 Å². The maximum absolute atomic E-state index is 10.4. The third-order valence-electron chi connectivity index (χ3n) is 1.35. The zero-order valence-electron chi connectivity index (χ0n) is 9.88. The van der Waals surface area contributed by atoms with Crippen molar-refractivity contribution in [3.63, 3.8) is 0 Å². The van der Waals surface area contributed by atoms with E-state index in [1.165, 1.54) is 30.0 Å². The Bertz CT molecular complexity index is 327. The van der Waals surface area contributed by atoms with Gasteiger partial charge in [-0.3, -0.25) is 0 Å². The molecular formula is C10H13KO5S. The number of benzene rings is 1. The Kier molecular flexibility index (Phi) is 16.5. The van der Waals surface area contributed by atoms with Crippen LogP contribution in [0, 0.1) is 0 Å². The second kappa shape index (κ2) is 12.6. The molecule has 0 saturated heterocycles. The molecule has 17 heavy (non-hydrogen) atoms. The summed E-state index contributed by atoms with van der Waals surface area (Å²) in [5, 5.41) is 18.7. The van der Waals surface area contributed by atoms with E-state index in [0.717, 1.165) is 6.07 Å². The molecule has 0 heterocycles. The number of carboxylic acid groups (broad SMARTS) is 2. The molecule has 7 heteroatoms. The SMILES string of the molecule is C[SH+]C.O=C([O-])c1cccc(C(=O)O)c1.[K+].[OH-]. The van der Waals surface area contributed by atoms with E-state index in [1.807, 2.05) is 0 Å². The van der Waals surface area contributed by atoms with Crippen molar-refractivity contribution in [3.05, 3.63) is 35.4 Å². The van der Waals surface area contributed by atoms with Crippen molar-refractivity contribution in [1.29, 1.82) is 0 Å². The molecule has 5 nitrogen and oxygen atoms in total. The van der Waals surface area contributed by atoms with Crippen molar-refractivity contribution < 1.29 is 76.7 Å². The van der Waals surface area contributed by atoms with E-state index in [0.29, 0.717) is 0 Å². The standard InChI is InChI=1S/C8H6O4.C2H6S.K.H2O/c9-7(10)5-2-1-3-6(4-5)8(11)12;1-3-2;;/h1-4H,(H,9,10)(H,11,12);1-2H3;;1H2/q;;+1;/p-1. The molecule has 1 aromatic rings. The fourth-order valence-corrected chi connectivity index (χ4v) is 0.779.